The number of nitrogens with zero attached hydrogens (tertiary/aromatic N) is 1. The van der Waals surface area contributed by atoms with Crippen molar-refractivity contribution in [2.75, 3.05) is 0 Å². The van der Waals surface area contributed by atoms with Crippen molar-refractivity contribution in [3.8, 4) is 5.75 Å². The van der Waals surface area contributed by atoms with Gasteiger partial charge in [0, 0.05) is 10.6 Å². The van der Waals surface area contributed by atoms with Crippen LogP contribution in [0.25, 0.3) is 0 Å². The summed E-state index contributed by atoms with van der Waals surface area (Å²) >= 11 is 5.85. The summed E-state index contributed by atoms with van der Waals surface area (Å²) in [5.41, 5.74) is 1.40. The molecule has 0 bridgehead atoms. The van der Waals surface area contributed by atoms with Gasteiger partial charge in [-0.3, -0.25) is 0 Å². The van der Waals surface area contributed by atoms with Crippen molar-refractivity contribution < 1.29 is 14.3 Å². The van der Waals surface area contributed by atoms with Crippen LogP contribution in [0.3, 0.4) is 0 Å². The molecule has 0 fully saturated rings. The molecule has 19 heavy (non-hydrogen) atoms. The number of hydrogen-bond donors (Lipinski definition) is 1. The van der Waals surface area contributed by atoms with Gasteiger partial charge in [-0.15, -0.1) is 0 Å². The molecule has 1 N–H and O–H groups in total. The largest absolute Gasteiger partial charge is 0.488 e. The fourth-order valence-corrected chi connectivity index (χ4v) is 1.74. The van der Waals surface area contributed by atoms with Crippen molar-refractivity contribution >= 4 is 17.8 Å². The fourth-order valence-electron chi connectivity index (χ4n) is 1.56. The van der Waals surface area contributed by atoms with E-state index >= 15 is 0 Å². The molecule has 0 radical (unpaired) electrons. The lowest BCUT2D eigenvalue weighted by Crippen LogP contribution is -1.98. The third kappa shape index (κ3) is 3.69. The topological polar surface area (TPSA) is 41.8 Å². The smallest absolute Gasteiger partial charge is 0.128 e. The predicted octanol–water partition coefficient (Wildman–Crippen LogP) is 3.87. The van der Waals surface area contributed by atoms with E-state index in [1.54, 1.807) is 30.3 Å². The maximum atomic E-state index is 12.8. The molecule has 2 rings (SSSR count). The summed E-state index contributed by atoms with van der Waals surface area (Å²) in [5, 5.41) is 12.1. The van der Waals surface area contributed by atoms with E-state index in [4.69, 9.17) is 21.5 Å². The van der Waals surface area contributed by atoms with Gasteiger partial charge in [0.05, 0.1) is 6.21 Å². The first-order valence-corrected chi connectivity index (χ1v) is 5.91. The average Bonchev–Trinajstić information content (AvgIpc) is 2.40. The Kier molecular flexibility index (Phi) is 4.36. The number of benzene rings is 2. The quantitative estimate of drug-likeness (QED) is 0.524. The van der Waals surface area contributed by atoms with Crippen LogP contribution in [0, 0.1) is 5.82 Å². The van der Waals surface area contributed by atoms with E-state index in [1.807, 2.05) is 0 Å². The lowest BCUT2D eigenvalue weighted by molar-refractivity contribution is 0.304. The normalized spacial score (nSPS) is 10.8. The molecule has 0 aromatic heterocycles. The summed E-state index contributed by atoms with van der Waals surface area (Å²) in [4.78, 5) is 0. The van der Waals surface area contributed by atoms with Gasteiger partial charge in [0.25, 0.3) is 0 Å². The molecule has 5 heteroatoms. The Morgan fingerprint density at radius 1 is 1.21 bits per heavy atom. The van der Waals surface area contributed by atoms with E-state index in [1.165, 1.54) is 18.3 Å². The number of halogens is 2. The summed E-state index contributed by atoms with van der Waals surface area (Å²) in [5.74, 6) is 0.245. The Bertz CT molecular complexity index is 584. The second-order valence-electron chi connectivity index (χ2n) is 3.84. The van der Waals surface area contributed by atoms with Crippen LogP contribution in [0.1, 0.15) is 11.1 Å². The van der Waals surface area contributed by atoms with Gasteiger partial charge in [0.2, 0.25) is 0 Å². The highest BCUT2D eigenvalue weighted by atomic mass is 35.5. The minimum Gasteiger partial charge on any atom is -0.488 e. The maximum absolute atomic E-state index is 12.8. The Hall–Kier alpha value is -2.07. The molecular formula is C14H11ClFNO2. The van der Waals surface area contributed by atoms with E-state index in [9.17, 15) is 4.39 Å². The third-order valence-corrected chi connectivity index (χ3v) is 2.71. The molecular weight excluding hydrogens is 269 g/mol. The van der Waals surface area contributed by atoms with Crippen LogP contribution in [-0.4, -0.2) is 11.4 Å². The molecule has 0 atom stereocenters. The van der Waals surface area contributed by atoms with Gasteiger partial charge < -0.3 is 9.94 Å². The Morgan fingerprint density at radius 2 is 1.95 bits per heavy atom. The molecule has 2 aromatic carbocycles. The predicted molar refractivity (Wildman–Crippen MR) is 71.6 cm³/mol. The maximum Gasteiger partial charge on any atom is 0.128 e. The summed E-state index contributed by atoms with van der Waals surface area (Å²) in [6.45, 7) is 0.286. The SMILES string of the molecule is O/N=C\c1cc(Cl)ccc1OCc1ccc(F)cc1. The molecule has 3 nitrogen and oxygen atoms in total. The Morgan fingerprint density at radius 3 is 2.63 bits per heavy atom. The highest BCUT2D eigenvalue weighted by molar-refractivity contribution is 6.30. The van der Waals surface area contributed by atoms with Gasteiger partial charge in [0.1, 0.15) is 18.2 Å². The first kappa shape index (κ1) is 13.4. The minimum absolute atomic E-state index is 0.286. The first-order chi connectivity index (χ1) is 9.19. The van der Waals surface area contributed by atoms with Gasteiger partial charge >= 0.3 is 0 Å². The van der Waals surface area contributed by atoms with Crippen molar-refractivity contribution in [3.63, 3.8) is 0 Å². The Labute approximate surface area is 114 Å². The lowest BCUT2D eigenvalue weighted by Gasteiger charge is -2.09. The van der Waals surface area contributed by atoms with Gasteiger partial charge in [0.15, 0.2) is 0 Å². The fraction of sp³-hybridized carbons (Fsp3) is 0.0714. The zero-order valence-electron chi connectivity index (χ0n) is 9.88. The highest BCUT2D eigenvalue weighted by Gasteiger charge is 2.04. The summed E-state index contributed by atoms with van der Waals surface area (Å²) < 4.78 is 18.3. The van der Waals surface area contributed by atoms with E-state index in [-0.39, 0.29) is 12.4 Å². The Balaban J connectivity index is 2.12. The van der Waals surface area contributed by atoms with Crippen molar-refractivity contribution in [2.24, 2.45) is 5.16 Å². The molecule has 0 unspecified atom stereocenters. The number of rotatable bonds is 4. The zero-order valence-corrected chi connectivity index (χ0v) is 10.6. The molecule has 0 aliphatic carbocycles. The van der Waals surface area contributed by atoms with Crippen LogP contribution in [0.2, 0.25) is 5.02 Å². The van der Waals surface area contributed by atoms with Crippen LogP contribution in [0.5, 0.6) is 5.75 Å². The zero-order chi connectivity index (χ0) is 13.7. The summed E-state index contributed by atoms with van der Waals surface area (Å²) in [6.07, 6.45) is 1.24. The molecule has 98 valence electrons. The minimum atomic E-state index is -0.289. The van der Waals surface area contributed by atoms with E-state index in [0.29, 0.717) is 16.3 Å². The van der Waals surface area contributed by atoms with E-state index in [0.717, 1.165) is 5.56 Å². The number of hydrogen-bond acceptors (Lipinski definition) is 3. The van der Waals surface area contributed by atoms with Crippen LogP contribution >= 0.6 is 11.6 Å². The number of oxime groups is 1. The van der Waals surface area contributed by atoms with Crippen molar-refractivity contribution in [3.05, 3.63) is 64.4 Å². The van der Waals surface area contributed by atoms with E-state index in [2.05, 4.69) is 5.16 Å². The lowest BCUT2D eigenvalue weighted by atomic mass is 10.2. The molecule has 0 aliphatic rings. The second-order valence-corrected chi connectivity index (χ2v) is 4.28. The monoisotopic (exact) mass is 279 g/mol. The average molecular weight is 280 g/mol. The summed E-state index contributed by atoms with van der Waals surface area (Å²) in [7, 11) is 0. The molecule has 0 heterocycles. The first-order valence-electron chi connectivity index (χ1n) is 5.53. The summed E-state index contributed by atoms with van der Waals surface area (Å²) in [6, 6.07) is 11.0. The van der Waals surface area contributed by atoms with Crippen molar-refractivity contribution in [1.29, 1.82) is 0 Å². The van der Waals surface area contributed by atoms with Crippen LogP contribution in [0.15, 0.2) is 47.6 Å². The van der Waals surface area contributed by atoms with Crippen LogP contribution in [-0.2, 0) is 6.61 Å². The van der Waals surface area contributed by atoms with Gasteiger partial charge in [-0.25, -0.2) is 4.39 Å². The van der Waals surface area contributed by atoms with Crippen LogP contribution < -0.4 is 4.74 Å². The molecule has 2 aromatic rings. The van der Waals surface area contributed by atoms with Crippen molar-refractivity contribution in [1.82, 2.24) is 0 Å². The molecule has 0 aliphatic heterocycles. The standard InChI is InChI=1S/C14H11ClFNO2/c15-12-3-6-14(11(7-12)8-17-18)19-9-10-1-4-13(16)5-2-10/h1-8,18H,9H2/b17-8-. The van der Waals surface area contributed by atoms with Gasteiger partial charge in [-0.05, 0) is 35.9 Å². The van der Waals surface area contributed by atoms with E-state index < -0.39 is 0 Å². The molecule has 0 saturated heterocycles. The molecule has 0 spiro atoms. The highest BCUT2D eigenvalue weighted by Crippen LogP contribution is 2.22. The third-order valence-electron chi connectivity index (χ3n) is 2.48. The number of ether oxygens (including phenoxy) is 1. The van der Waals surface area contributed by atoms with Crippen LogP contribution in [0.4, 0.5) is 4.39 Å². The van der Waals surface area contributed by atoms with Crippen molar-refractivity contribution in [2.45, 2.75) is 6.61 Å². The molecule has 0 saturated carbocycles. The van der Waals surface area contributed by atoms with Gasteiger partial charge in [-0.2, -0.15) is 0 Å². The van der Waals surface area contributed by atoms with Gasteiger partial charge in [-0.1, -0.05) is 28.9 Å². The molecule has 0 amide bonds. The second kappa shape index (κ2) is 6.20.